The van der Waals surface area contributed by atoms with Gasteiger partial charge < -0.3 is 19.4 Å². The SMILES string of the molecule is CCOCCOCC(O)CNOC. The van der Waals surface area contributed by atoms with Gasteiger partial charge in [0.1, 0.15) is 0 Å². The summed E-state index contributed by atoms with van der Waals surface area (Å²) < 4.78 is 10.2. The predicted octanol–water partition coefficient (Wildman–Crippen LogP) is -0.449. The molecular formula is C8H19NO4. The third kappa shape index (κ3) is 9.72. The molecule has 0 aliphatic rings. The van der Waals surface area contributed by atoms with Crippen LogP contribution in [0.1, 0.15) is 6.92 Å². The summed E-state index contributed by atoms with van der Waals surface area (Å²) in [5.74, 6) is 0. The lowest BCUT2D eigenvalue weighted by Gasteiger charge is -2.10. The van der Waals surface area contributed by atoms with Gasteiger partial charge in [-0.25, -0.2) is 5.48 Å². The summed E-state index contributed by atoms with van der Waals surface area (Å²) in [5.41, 5.74) is 2.54. The Morgan fingerprint density at radius 2 is 2.00 bits per heavy atom. The van der Waals surface area contributed by atoms with Crippen LogP contribution in [0.25, 0.3) is 0 Å². The molecule has 0 rings (SSSR count). The molecule has 80 valence electrons. The molecule has 0 radical (unpaired) electrons. The summed E-state index contributed by atoms with van der Waals surface area (Å²) in [6.07, 6.45) is -0.540. The second kappa shape index (κ2) is 9.88. The van der Waals surface area contributed by atoms with Crippen LogP contribution in [-0.2, 0) is 14.3 Å². The first-order valence-corrected chi connectivity index (χ1v) is 4.40. The van der Waals surface area contributed by atoms with Crippen LogP contribution in [0.4, 0.5) is 0 Å². The quantitative estimate of drug-likeness (QED) is 0.384. The molecule has 0 amide bonds. The minimum absolute atomic E-state index is 0.295. The lowest BCUT2D eigenvalue weighted by molar-refractivity contribution is -0.0136. The van der Waals surface area contributed by atoms with Gasteiger partial charge in [0.25, 0.3) is 0 Å². The number of hydrogen-bond donors (Lipinski definition) is 2. The fraction of sp³-hybridized carbons (Fsp3) is 1.00. The number of ether oxygens (including phenoxy) is 2. The molecule has 2 N–H and O–H groups in total. The molecule has 0 spiro atoms. The monoisotopic (exact) mass is 193 g/mol. The maximum atomic E-state index is 9.23. The van der Waals surface area contributed by atoms with Gasteiger partial charge in [0.2, 0.25) is 0 Å². The van der Waals surface area contributed by atoms with E-state index in [4.69, 9.17) is 9.47 Å². The fourth-order valence-electron chi connectivity index (χ4n) is 0.720. The van der Waals surface area contributed by atoms with Crippen LogP contribution in [0.5, 0.6) is 0 Å². The number of hydroxylamine groups is 1. The molecule has 0 aromatic carbocycles. The summed E-state index contributed by atoms with van der Waals surface area (Å²) in [6, 6.07) is 0. The van der Waals surface area contributed by atoms with E-state index in [-0.39, 0.29) is 0 Å². The largest absolute Gasteiger partial charge is 0.389 e. The van der Waals surface area contributed by atoms with E-state index in [1.54, 1.807) is 0 Å². The predicted molar refractivity (Wildman–Crippen MR) is 48.3 cm³/mol. The second-order valence-electron chi connectivity index (χ2n) is 2.48. The molecule has 5 nitrogen and oxygen atoms in total. The van der Waals surface area contributed by atoms with Crippen LogP contribution < -0.4 is 5.48 Å². The Labute approximate surface area is 78.9 Å². The molecule has 1 unspecified atom stereocenters. The molecule has 0 fully saturated rings. The van der Waals surface area contributed by atoms with E-state index in [0.717, 1.165) is 0 Å². The average Bonchev–Trinajstić information content (AvgIpc) is 2.14. The first kappa shape index (κ1) is 12.8. The van der Waals surface area contributed by atoms with Gasteiger partial charge in [0.15, 0.2) is 0 Å². The molecule has 0 aliphatic heterocycles. The molecule has 0 heterocycles. The summed E-state index contributed by atoms with van der Waals surface area (Å²) >= 11 is 0. The Bertz CT molecular complexity index is 102. The van der Waals surface area contributed by atoms with Crippen molar-refractivity contribution in [1.29, 1.82) is 0 Å². The van der Waals surface area contributed by atoms with Gasteiger partial charge in [-0.3, -0.25) is 0 Å². The highest BCUT2D eigenvalue weighted by atomic mass is 16.6. The summed E-state index contributed by atoms with van der Waals surface area (Å²) in [7, 11) is 1.50. The number of nitrogens with one attached hydrogen (secondary N) is 1. The Morgan fingerprint density at radius 3 is 2.62 bits per heavy atom. The summed E-state index contributed by atoms with van der Waals surface area (Å²) in [6.45, 7) is 4.36. The van der Waals surface area contributed by atoms with E-state index in [0.29, 0.717) is 33.0 Å². The molecule has 0 aromatic rings. The van der Waals surface area contributed by atoms with E-state index in [2.05, 4.69) is 10.3 Å². The van der Waals surface area contributed by atoms with Crippen molar-refractivity contribution in [2.75, 3.05) is 40.1 Å². The Hall–Kier alpha value is -0.200. The Kier molecular flexibility index (Phi) is 9.73. The topological polar surface area (TPSA) is 60.0 Å². The molecule has 0 aliphatic carbocycles. The molecule has 0 bridgehead atoms. The molecule has 13 heavy (non-hydrogen) atoms. The van der Waals surface area contributed by atoms with Crippen molar-refractivity contribution in [3.8, 4) is 0 Å². The number of aliphatic hydroxyl groups is 1. The standard InChI is InChI=1S/C8H19NO4/c1-3-12-4-5-13-7-8(10)6-9-11-2/h8-10H,3-7H2,1-2H3. The lowest BCUT2D eigenvalue weighted by atomic mass is 10.4. The van der Waals surface area contributed by atoms with Crippen LogP contribution in [0.3, 0.4) is 0 Å². The highest BCUT2D eigenvalue weighted by molar-refractivity contribution is 4.53. The maximum Gasteiger partial charge on any atom is 0.0920 e. The molecule has 0 aromatic heterocycles. The van der Waals surface area contributed by atoms with Crippen LogP contribution in [0.2, 0.25) is 0 Å². The van der Waals surface area contributed by atoms with Gasteiger partial charge in [-0.1, -0.05) is 0 Å². The van der Waals surface area contributed by atoms with Crippen molar-refractivity contribution >= 4 is 0 Å². The second-order valence-corrected chi connectivity index (χ2v) is 2.48. The third-order valence-electron chi connectivity index (χ3n) is 1.35. The molecular weight excluding hydrogens is 174 g/mol. The van der Waals surface area contributed by atoms with Gasteiger partial charge in [-0.05, 0) is 6.92 Å². The van der Waals surface area contributed by atoms with E-state index >= 15 is 0 Å². The van der Waals surface area contributed by atoms with Crippen LogP contribution in [-0.4, -0.2) is 51.3 Å². The summed E-state index contributed by atoms with van der Waals surface area (Å²) in [5, 5.41) is 9.23. The first-order chi connectivity index (χ1) is 6.31. The minimum atomic E-state index is -0.540. The smallest absolute Gasteiger partial charge is 0.0920 e. The van der Waals surface area contributed by atoms with Crippen molar-refractivity contribution in [1.82, 2.24) is 5.48 Å². The van der Waals surface area contributed by atoms with Crippen molar-refractivity contribution in [2.45, 2.75) is 13.0 Å². The van der Waals surface area contributed by atoms with Gasteiger partial charge in [-0.15, -0.1) is 0 Å². The van der Waals surface area contributed by atoms with Gasteiger partial charge >= 0.3 is 0 Å². The van der Waals surface area contributed by atoms with E-state index in [1.807, 2.05) is 6.92 Å². The zero-order valence-corrected chi connectivity index (χ0v) is 8.28. The highest BCUT2D eigenvalue weighted by Gasteiger charge is 2.02. The fourth-order valence-corrected chi connectivity index (χ4v) is 0.720. The average molecular weight is 193 g/mol. The lowest BCUT2D eigenvalue weighted by Crippen LogP contribution is -2.30. The van der Waals surface area contributed by atoms with Crippen molar-refractivity contribution < 1.29 is 19.4 Å². The number of aliphatic hydroxyl groups excluding tert-OH is 1. The van der Waals surface area contributed by atoms with Crippen molar-refractivity contribution in [3.05, 3.63) is 0 Å². The zero-order valence-electron chi connectivity index (χ0n) is 8.28. The molecule has 0 saturated heterocycles. The highest BCUT2D eigenvalue weighted by Crippen LogP contribution is 1.84. The third-order valence-corrected chi connectivity index (χ3v) is 1.35. The minimum Gasteiger partial charge on any atom is -0.389 e. The maximum absolute atomic E-state index is 9.23. The molecule has 0 saturated carbocycles. The van der Waals surface area contributed by atoms with E-state index in [9.17, 15) is 5.11 Å². The number of hydrogen-bond acceptors (Lipinski definition) is 5. The Balaban J connectivity index is 3.03. The molecule has 5 heteroatoms. The molecule has 1 atom stereocenters. The zero-order chi connectivity index (χ0) is 9.94. The van der Waals surface area contributed by atoms with Crippen molar-refractivity contribution in [2.24, 2.45) is 0 Å². The van der Waals surface area contributed by atoms with E-state index in [1.165, 1.54) is 7.11 Å². The Morgan fingerprint density at radius 1 is 1.31 bits per heavy atom. The normalized spacial score (nSPS) is 13.2. The van der Waals surface area contributed by atoms with Crippen LogP contribution in [0, 0.1) is 0 Å². The number of rotatable bonds is 9. The first-order valence-electron chi connectivity index (χ1n) is 4.40. The van der Waals surface area contributed by atoms with Gasteiger partial charge in [0.05, 0.1) is 33.0 Å². The van der Waals surface area contributed by atoms with E-state index < -0.39 is 6.10 Å². The van der Waals surface area contributed by atoms with Gasteiger partial charge in [-0.2, -0.15) is 0 Å². The van der Waals surface area contributed by atoms with Crippen molar-refractivity contribution in [3.63, 3.8) is 0 Å². The van der Waals surface area contributed by atoms with Crippen LogP contribution in [0.15, 0.2) is 0 Å². The van der Waals surface area contributed by atoms with Gasteiger partial charge in [0, 0.05) is 13.2 Å². The van der Waals surface area contributed by atoms with Crippen LogP contribution >= 0.6 is 0 Å². The summed E-state index contributed by atoms with van der Waals surface area (Å²) in [4.78, 5) is 4.57.